The van der Waals surface area contributed by atoms with Gasteiger partial charge in [-0.15, -0.1) is 11.3 Å². The number of fused-ring (bicyclic) bond motifs is 1. The quantitative estimate of drug-likeness (QED) is 0.745. The fourth-order valence-corrected chi connectivity index (χ4v) is 3.73. The summed E-state index contributed by atoms with van der Waals surface area (Å²) in [6, 6.07) is 10.1. The first-order valence-electron chi connectivity index (χ1n) is 7.90. The van der Waals surface area contributed by atoms with Crippen molar-refractivity contribution in [1.82, 2.24) is 9.55 Å². The van der Waals surface area contributed by atoms with Crippen LogP contribution in [0.25, 0.3) is 10.2 Å². The maximum Gasteiger partial charge on any atom is 0.337 e. The third-order valence-electron chi connectivity index (χ3n) is 4.01. The Bertz CT molecular complexity index is 929. The molecule has 5 nitrogen and oxygen atoms in total. The molecule has 0 spiro atoms. The van der Waals surface area contributed by atoms with Crippen LogP contribution in [0.3, 0.4) is 0 Å². The first-order chi connectivity index (χ1) is 11.6. The van der Waals surface area contributed by atoms with Crippen LogP contribution >= 0.6 is 11.3 Å². The van der Waals surface area contributed by atoms with Crippen LogP contribution in [0.2, 0.25) is 0 Å². The van der Waals surface area contributed by atoms with Gasteiger partial charge in [0.05, 0.1) is 10.9 Å². The van der Waals surface area contributed by atoms with Crippen LogP contribution < -0.4 is 5.56 Å². The number of aryl methyl sites for hydroxylation is 2. The number of aromatic carboxylic acids is 1. The lowest BCUT2D eigenvalue weighted by Crippen LogP contribution is -2.26. The molecule has 0 aliphatic carbocycles. The summed E-state index contributed by atoms with van der Waals surface area (Å²) >= 11 is 1.21. The topological polar surface area (TPSA) is 72.2 Å². The van der Waals surface area contributed by atoms with Crippen molar-refractivity contribution in [2.45, 2.75) is 32.7 Å². The highest BCUT2D eigenvalue weighted by Crippen LogP contribution is 2.22. The smallest absolute Gasteiger partial charge is 0.337 e. The monoisotopic (exact) mass is 342 g/mol. The number of rotatable bonds is 6. The Morgan fingerprint density at radius 1 is 1.29 bits per heavy atom. The molecule has 0 saturated heterocycles. The van der Waals surface area contributed by atoms with Crippen molar-refractivity contribution in [3.8, 4) is 0 Å². The Kier molecular flexibility index (Phi) is 4.76. The van der Waals surface area contributed by atoms with Gasteiger partial charge in [-0.2, -0.15) is 0 Å². The minimum Gasteiger partial charge on any atom is -0.478 e. The van der Waals surface area contributed by atoms with Gasteiger partial charge in [-0.3, -0.25) is 9.36 Å². The minimum atomic E-state index is -1.08. The van der Waals surface area contributed by atoms with Crippen LogP contribution in [0, 0.1) is 0 Å². The van der Waals surface area contributed by atoms with Crippen LogP contribution in [0.1, 0.15) is 35.1 Å². The van der Waals surface area contributed by atoms with Gasteiger partial charge < -0.3 is 5.11 Å². The van der Waals surface area contributed by atoms with Crippen molar-refractivity contribution >= 4 is 27.5 Å². The van der Waals surface area contributed by atoms with E-state index in [-0.39, 0.29) is 16.5 Å². The fourth-order valence-electron chi connectivity index (χ4n) is 2.81. The lowest BCUT2D eigenvalue weighted by atomic mass is 10.1. The summed E-state index contributed by atoms with van der Waals surface area (Å²) < 4.78 is 1.63. The van der Waals surface area contributed by atoms with Crippen LogP contribution in [0.5, 0.6) is 0 Å². The second kappa shape index (κ2) is 6.97. The zero-order chi connectivity index (χ0) is 17.1. The molecule has 3 rings (SSSR count). The highest BCUT2D eigenvalue weighted by molar-refractivity contribution is 7.17. The standard InChI is InChI=1S/C18H18N2O3S/c1-2-14-19-16-15(13(11-24-16)18(22)23)17(21)20(14)10-6-9-12-7-4-3-5-8-12/h3-5,7-8,11H,2,6,9-10H2,1H3,(H,22,23). The predicted octanol–water partition coefficient (Wildman–Crippen LogP) is 3.35. The molecule has 0 aliphatic rings. The number of carboxylic acids is 1. The molecule has 0 unspecified atom stereocenters. The maximum absolute atomic E-state index is 12.8. The summed E-state index contributed by atoms with van der Waals surface area (Å²) in [7, 11) is 0. The minimum absolute atomic E-state index is 0.0481. The van der Waals surface area contributed by atoms with Gasteiger partial charge in [-0.1, -0.05) is 37.3 Å². The van der Waals surface area contributed by atoms with E-state index in [1.165, 1.54) is 22.3 Å². The average molecular weight is 342 g/mol. The molecule has 2 heterocycles. The summed E-state index contributed by atoms with van der Waals surface area (Å²) in [5, 5.41) is 11.0. The third-order valence-corrected chi connectivity index (χ3v) is 4.88. The average Bonchev–Trinajstić information content (AvgIpc) is 3.02. The number of nitrogens with zero attached hydrogens (tertiary/aromatic N) is 2. The lowest BCUT2D eigenvalue weighted by molar-refractivity contribution is 0.0699. The summed E-state index contributed by atoms with van der Waals surface area (Å²) in [5.41, 5.74) is 1.02. The number of hydrogen-bond donors (Lipinski definition) is 1. The van der Waals surface area contributed by atoms with Gasteiger partial charge in [-0.05, 0) is 18.4 Å². The molecular formula is C18H18N2O3S. The molecule has 3 aromatic rings. The van der Waals surface area contributed by atoms with Crippen LogP contribution in [-0.2, 0) is 19.4 Å². The SMILES string of the molecule is CCc1nc2scc(C(=O)O)c2c(=O)n1CCCc1ccccc1. The van der Waals surface area contributed by atoms with E-state index in [0.717, 1.165) is 12.8 Å². The second-order valence-electron chi connectivity index (χ2n) is 5.56. The molecule has 6 heteroatoms. The number of benzene rings is 1. The van der Waals surface area contributed by atoms with Crippen LogP contribution in [0.15, 0.2) is 40.5 Å². The van der Waals surface area contributed by atoms with E-state index in [0.29, 0.717) is 23.6 Å². The van der Waals surface area contributed by atoms with E-state index in [9.17, 15) is 14.7 Å². The van der Waals surface area contributed by atoms with Crippen molar-refractivity contribution in [3.63, 3.8) is 0 Å². The third kappa shape index (κ3) is 3.10. The number of thiophene rings is 1. The molecule has 1 N–H and O–H groups in total. The summed E-state index contributed by atoms with van der Waals surface area (Å²) in [6.45, 7) is 2.49. The van der Waals surface area contributed by atoms with Gasteiger partial charge in [0.25, 0.3) is 5.56 Å². The highest BCUT2D eigenvalue weighted by atomic mass is 32.1. The van der Waals surface area contributed by atoms with Crippen molar-refractivity contribution in [2.75, 3.05) is 0 Å². The van der Waals surface area contributed by atoms with Gasteiger partial charge in [0.1, 0.15) is 10.7 Å². The first-order valence-corrected chi connectivity index (χ1v) is 8.78. The molecule has 0 saturated carbocycles. The molecule has 0 fully saturated rings. The van der Waals surface area contributed by atoms with Crippen molar-refractivity contribution in [2.24, 2.45) is 0 Å². The second-order valence-corrected chi connectivity index (χ2v) is 6.42. The molecule has 24 heavy (non-hydrogen) atoms. The normalized spacial score (nSPS) is 11.0. The van der Waals surface area contributed by atoms with Crippen molar-refractivity contribution < 1.29 is 9.90 Å². The Balaban J connectivity index is 1.93. The van der Waals surface area contributed by atoms with Gasteiger partial charge in [0.2, 0.25) is 0 Å². The molecule has 124 valence electrons. The van der Waals surface area contributed by atoms with Gasteiger partial charge in [0.15, 0.2) is 0 Å². The molecule has 0 aliphatic heterocycles. The maximum atomic E-state index is 12.8. The predicted molar refractivity (Wildman–Crippen MR) is 95.0 cm³/mol. The molecular weight excluding hydrogens is 324 g/mol. The van der Waals surface area contributed by atoms with E-state index < -0.39 is 5.97 Å². The molecule has 0 bridgehead atoms. The van der Waals surface area contributed by atoms with Crippen LogP contribution in [-0.4, -0.2) is 20.6 Å². The molecule has 0 radical (unpaired) electrons. The summed E-state index contributed by atoms with van der Waals surface area (Å²) in [6.07, 6.45) is 2.30. The van der Waals surface area contributed by atoms with Crippen molar-refractivity contribution in [1.29, 1.82) is 0 Å². The number of aromatic nitrogens is 2. The zero-order valence-electron chi connectivity index (χ0n) is 13.4. The van der Waals surface area contributed by atoms with Crippen LogP contribution in [0.4, 0.5) is 0 Å². The first kappa shape index (κ1) is 16.4. The van der Waals surface area contributed by atoms with E-state index in [1.54, 1.807) is 4.57 Å². The lowest BCUT2D eigenvalue weighted by Gasteiger charge is -2.11. The van der Waals surface area contributed by atoms with Crippen molar-refractivity contribution in [3.05, 3.63) is 63.0 Å². The summed E-state index contributed by atoms with van der Waals surface area (Å²) in [5.74, 6) is -0.375. The van der Waals surface area contributed by atoms with E-state index in [2.05, 4.69) is 17.1 Å². The zero-order valence-corrected chi connectivity index (χ0v) is 14.2. The van der Waals surface area contributed by atoms with E-state index in [1.807, 2.05) is 25.1 Å². The Hall–Kier alpha value is -2.47. The number of hydrogen-bond acceptors (Lipinski definition) is 4. The molecule has 1 aromatic carbocycles. The Labute approximate surface area is 143 Å². The molecule has 0 amide bonds. The molecule has 0 atom stereocenters. The largest absolute Gasteiger partial charge is 0.478 e. The highest BCUT2D eigenvalue weighted by Gasteiger charge is 2.18. The fraction of sp³-hybridized carbons (Fsp3) is 0.278. The summed E-state index contributed by atoms with van der Waals surface area (Å²) in [4.78, 5) is 29.1. The number of carbonyl (C=O) groups is 1. The van der Waals surface area contributed by atoms with Gasteiger partial charge in [0, 0.05) is 18.3 Å². The van der Waals surface area contributed by atoms with E-state index >= 15 is 0 Å². The Morgan fingerprint density at radius 2 is 2.04 bits per heavy atom. The molecule has 2 aromatic heterocycles. The Morgan fingerprint density at radius 3 is 2.71 bits per heavy atom. The van der Waals surface area contributed by atoms with E-state index in [4.69, 9.17) is 0 Å². The van der Waals surface area contributed by atoms with Gasteiger partial charge >= 0.3 is 5.97 Å². The number of carboxylic acid groups (broad SMARTS) is 1. The van der Waals surface area contributed by atoms with Gasteiger partial charge in [-0.25, -0.2) is 9.78 Å².